The molecule has 4 nitrogen and oxygen atoms in total. The lowest BCUT2D eigenvalue weighted by atomic mass is 10.3. The van der Waals surface area contributed by atoms with E-state index in [-0.39, 0.29) is 0 Å². The fraction of sp³-hybridized carbons (Fsp3) is 0.333. The quantitative estimate of drug-likeness (QED) is 0.877. The molecule has 1 aromatic carbocycles. The van der Waals surface area contributed by atoms with Gasteiger partial charge >= 0.3 is 0 Å². The van der Waals surface area contributed by atoms with Gasteiger partial charge < -0.3 is 10.1 Å². The summed E-state index contributed by atoms with van der Waals surface area (Å²) >= 11 is 12.0. The van der Waals surface area contributed by atoms with Crippen molar-refractivity contribution < 1.29 is 4.74 Å². The fourth-order valence-electron chi connectivity index (χ4n) is 2.04. The fourth-order valence-corrected chi connectivity index (χ4v) is 2.49. The van der Waals surface area contributed by atoms with Crippen LogP contribution in [-0.4, -0.2) is 17.0 Å². The third-order valence-electron chi connectivity index (χ3n) is 3.40. The minimum Gasteiger partial charge on any atom is -0.437 e. The van der Waals surface area contributed by atoms with Gasteiger partial charge in [-0.2, -0.15) is 4.98 Å². The van der Waals surface area contributed by atoms with Crippen LogP contribution in [0.3, 0.4) is 0 Å². The van der Waals surface area contributed by atoms with Crippen LogP contribution in [0.15, 0.2) is 18.2 Å². The Hall–Kier alpha value is -1.52. The molecule has 0 aliphatic heterocycles. The average Bonchev–Trinajstić information content (AvgIpc) is 3.28. The predicted octanol–water partition coefficient (Wildman–Crippen LogP) is 4.80. The van der Waals surface area contributed by atoms with Crippen molar-refractivity contribution in [2.75, 3.05) is 12.4 Å². The number of anilines is 1. The van der Waals surface area contributed by atoms with Crippen molar-refractivity contribution in [3.05, 3.63) is 39.6 Å². The summed E-state index contributed by atoms with van der Waals surface area (Å²) in [5.74, 6) is 3.12. The Morgan fingerprint density at radius 1 is 1.24 bits per heavy atom. The molecule has 0 radical (unpaired) electrons. The number of halogens is 2. The molecule has 110 valence electrons. The largest absolute Gasteiger partial charge is 0.437 e. The molecule has 1 fully saturated rings. The number of nitrogens with zero attached hydrogens (tertiary/aromatic N) is 2. The highest BCUT2D eigenvalue weighted by atomic mass is 35.5. The lowest BCUT2D eigenvalue weighted by Gasteiger charge is -2.13. The lowest BCUT2D eigenvalue weighted by molar-refractivity contribution is 0.455. The predicted molar refractivity (Wildman–Crippen MR) is 84.8 cm³/mol. The van der Waals surface area contributed by atoms with Gasteiger partial charge in [0.2, 0.25) is 5.88 Å². The molecule has 0 spiro atoms. The molecule has 0 amide bonds. The van der Waals surface area contributed by atoms with Crippen LogP contribution in [-0.2, 0) is 0 Å². The maximum absolute atomic E-state index is 6.15. The first kappa shape index (κ1) is 14.4. The summed E-state index contributed by atoms with van der Waals surface area (Å²) < 4.78 is 5.87. The molecule has 1 aromatic heterocycles. The SMILES string of the molecule is CNc1nc(C2CC2)nc(Oc2ccc(Cl)cc2Cl)c1C. The van der Waals surface area contributed by atoms with Crippen molar-refractivity contribution in [3.63, 3.8) is 0 Å². The summed E-state index contributed by atoms with van der Waals surface area (Å²) in [6.07, 6.45) is 2.26. The first-order valence-corrected chi connectivity index (χ1v) is 7.53. The molecule has 6 heteroatoms. The Morgan fingerprint density at radius 2 is 2.00 bits per heavy atom. The third-order valence-corrected chi connectivity index (χ3v) is 3.93. The van der Waals surface area contributed by atoms with E-state index in [1.165, 1.54) is 0 Å². The van der Waals surface area contributed by atoms with Crippen molar-refractivity contribution in [2.45, 2.75) is 25.7 Å². The van der Waals surface area contributed by atoms with Crippen LogP contribution in [0.5, 0.6) is 11.6 Å². The van der Waals surface area contributed by atoms with Crippen LogP contribution in [0.25, 0.3) is 0 Å². The number of rotatable bonds is 4. The van der Waals surface area contributed by atoms with Crippen LogP contribution in [0.1, 0.15) is 30.1 Å². The van der Waals surface area contributed by atoms with Gasteiger partial charge in [-0.3, -0.25) is 0 Å². The minimum absolute atomic E-state index is 0.445. The standard InChI is InChI=1S/C15H15Cl2N3O/c1-8-13(18-2)19-14(9-3-4-9)20-15(8)21-12-6-5-10(16)7-11(12)17/h5-7,9H,3-4H2,1-2H3,(H,18,19,20). The third kappa shape index (κ3) is 3.06. The van der Waals surface area contributed by atoms with Gasteiger partial charge in [-0.05, 0) is 38.0 Å². The first-order chi connectivity index (χ1) is 10.1. The molecule has 0 bridgehead atoms. The van der Waals surface area contributed by atoms with Crippen molar-refractivity contribution >= 4 is 29.0 Å². The van der Waals surface area contributed by atoms with Crippen molar-refractivity contribution in [2.24, 2.45) is 0 Å². The van der Waals surface area contributed by atoms with Gasteiger partial charge in [0.25, 0.3) is 0 Å². The topological polar surface area (TPSA) is 47.0 Å². The molecule has 21 heavy (non-hydrogen) atoms. The number of nitrogens with one attached hydrogen (secondary N) is 1. The van der Waals surface area contributed by atoms with Crippen molar-refractivity contribution in [1.82, 2.24) is 9.97 Å². The van der Waals surface area contributed by atoms with E-state index in [0.29, 0.717) is 27.6 Å². The molecule has 0 atom stereocenters. The minimum atomic E-state index is 0.445. The number of benzene rings is 1. The molecule has 1 N–H and O–H groups in total. The van der Waals surface area contributed by atoms with Gasteiger partial charge in [-0.25, -0.2) is 4.98 Å². The van der Waals surface area contributed by atoms with E-state index in [1.807, 2.05) is 14.0 Å². The zero-order valence-corrected chi connectivity index (χ0v) is 13.3. The van der Waals surface area contributed by atoms with Crippen LogP contribution in [0, 0.1) is 6.92 Å². The van der Waals surface area contributed by atoms with Gasteiger partial charge in [0, 0.05) is 18.0 Å². The van der Waals surface area contributed by atoms with E-state index in [2.05, 4.69) is 15.3 Å². The van der Waals surface area contributed by atoms with E-state index in [4.69, 9.17) is 27.9 Å². The molecule has 0 saturated heterocycles. The Kier molecular flexibility index (Phi) is 3.91. The molecule has 0 unspecified atom stereocenters. The number of ether oxygens (including phenoxy) is 1. The average molecular weight is 324 g/mol. The number of hydrogen-bond acceptors (Lipinski definition) is 4. The zero-order valence-electron chi connectivity index (χ0n) is 11.8. The molecule has 1 aliphatic carbocycles. The second kappa shape index (κ2) is 5.70. The molecule has 1 aliphatic rings. The lowest BCUT2D eigenvalue weighted by Crippen LogP contribution is -2.04. The van der Waals surface area contributed by atoms with E-state index >= 15 is 0 Å². The van der Waals surface area contributed by atoms with Gasteiger partial charge in [0.1, 0.15) is 17.4 Å². The highest BCUT2D eigenvalue weighted by Crippen LogP contribution is 2.41. The molecular formula is C15H15Cl2N3O. The number of aromatic nitrogens is 2. The van der Waals surface area contributed by atoms with Crippen molar-refractivity contribution in [3.8, 4) is 11.6 Å². The van der Waals surface area contributed by atoms with Crippen molar-refractivity contribution in [1.29, 1.82) is 0 Å². The van der Waals surface area contributed by atoms with E-state index < -0.39 is 0 Å². The Bertz CT molecular complexity index is 687. The second-order valence-corrected chi connectivity index (χ2v) is 5.91. The van der Waals surface area contributed by atoms with E-state index in [0.717, 1.165) is 30.0 Å². The summed E-state index contributed by atoms with van der Waals surface area (Å²) in [6, 6.07) is 5.12. The van der Waals surface area contributed by atoms with Gasteiger partial charge in [0.15, 0.2) is 0 Å². The summed E-state index contributed by atoms with van der Waals surface area (Å²) in [5.41, 5.74) is 0.855. The van der Waals surface area contributed by atoms with Gasteiger partial charge in [-0.1, -0.05) is 23.2 Å². The monoisotopic (exact) mass is 323 g/mol. The molecule has 1 saturated carbocycles. The maximum atomic E-state index is 6.15. The number of hydrogen-bond donors (Lipinski definition) is 1. The van der Waals surface area contributed by atoms with E-state index in [9.17, 15) is 0 Å². The van der Waals surface area contributed by atoms with Crippen LogP contribution >= 0.6 is 23.2 Å². The Morgan fingerprint density at radius 3 is 2.62 bits per heavy atom. The van der Waals surface area contributed by atoms with Gasteiger partial charge in [-0.15, -0.1) is 0 Å². The molecular weight excluding hydrogens is 309 g/mol. The summed E-state index contributed by atoms with van der Waals surface area (Å²) in [5, 5.41) is 4.11. The summed E-state index contributed by atoms with van der Waals surface area (Å²) in [4.78, 5) is 9.07. The smallest absolute Gasteiger partial charge is 0.227 e. The van der Waals surface area contributed by atoms with E-state index in [1.54, 1.807) is 18.2 Å². The van der Waals surface area contributed by atoms with Crippen LogP contribution in [0.2, 0.25) is 10.0 Å². The van der Waals surface area contributed by atoms with Crippen LogP contribution in [0.4, 0.5) is 5.82 Å². The first-order valence-electron chi connectivity index (χ1n) is 6.77. The molecule has 2 aromatic rings. The molecule has 3 rings (SSSR count). The molecule has 1 heterocycles. The van der Waals surface area contributed by atoms with Crippen LogP contribution < -0.4 is 10.1 Å². The van der Waals surface area contributed by atoms with Gasteiger partial charge in [0.05, 0.1) is 10.6 Å². The normalized spacial score (nSPS) is 14.1. The Balaban J connectivity index is 1.98. The summed E-state index contributed by atoms with van der Waals surface area (Å²) in [6.45, 7) is 1.92. The Labute approximate surface area is 133 Å². The second-order valence-electron chi connectivity index (χ2n) is 5.06. The summed E-state index contributed by atoms with van der Waals surface area (Å²) in [7, 11) is 1.84. The zero-order chi connectivity index (χ0) is 15.0. The maximum Gasteiger partial charge on any atom is 0.227 e. The highest BCUT2D eigenvalue weighted by molar-refractivity contribution is 6.35. The highest BCUT2D eigenvalue weighted by Gasteiger charge is 2.28.